The van der Waals surface area contributed by atoms with Gasteiger partial charge in [-0.3, -0.25) is 9.48 Å². The van der Waals surface area contributed by atoms with Crippen LogP contribution < -0.4 is 16.0 Å². The zero-order chi connectivity index (χ0) is 25.4. The minimum Gasteiger partial charge on any atom is -0.391 e. The molecule has 5 heterocycles. The second-order valence-corrected chi connectivity index (χ2v) is 9.14. The normalized spacial score (nSPS) is 18.3. The number of primary amides is 1. The first-order chi connectivity index (χ1) is 17.3. The van der Waals surface area contributed by atoms with Gasteiger partial charge in [0.2, 0.25) is 0 Å². The van der Waals surface area contributed by atoms with Gasteiger partial charge in [-0.05, 0) is 25.0 Å². The van der Waals surface area contributed by atoms with Crippen molar-refractivity contribution in [2.75, 3.05) is 23.3 Å². The highest BCUT2D eigenvalue weighted by Crippen LogP contribution is 2.30. The minimum atomic E-state index is -0.599. The number of aliphatic hydroxyl groups excluding tert-OH is 1. The highest BCUT2D eigenvalue weighted by molar-refractivity contribution is 6.01. The van der Waals surface area contributed by atoms with Crippen molar-refractivity contribution >= 4 is 23.1 Å². The summed E-state index contributed by atoms with van der Waals surface area (Å²) < 4.78 is 3.26. The van der Waals surface area contributed by atoms with Crippen LogP contribution in [0.25, 0.3) is 16.9 Å². The van der Waals surface area contributed by atoms with E-state index in [0.29, 0.717) is 35.7 Å². The monoisotopic (exact) mass is 486 g/mol. The molecule has 0 radical (unpaired) electrons. The smallest absolute Gasteiger partial charge is 0.252 e. The second kappa shape index (κ2) is 9.27. The average molecular weight is 487 g/mol. The van der Waals surface area contributed by atoms with E-state index in [0.717, 1.165) is 17.9 Å². The van der Waals surface area contributed by atoms with Crippen LogP contribution >= 0.6 is 0 Å². The molecular weight excluding hydrogens is 460 g/mol. The Hall–Kier alpha value is -4.50. The first-order valence-corrected chi connectivity index (χ1v) is 11.6. The molecule has 1 aliphatic rings. The Morgan fingerprint density at radius 3 is 2.81 bits per heavy atom. The Bertz CT molecular complexity index is 1450. The summed E-state index contributed by atoms with van der Waals surface area (Å²) in [5.74, 6) is 0.417. The molecule has 0 aromatic carbocycles. The van der Waals surface area contributed by atoms with E-state index < -0.39 is 12.0 Å². The molecule has 36 heavy (non-hydrogen) atoms. The maximum absolute atomic E-state index is 12.3. The topological polar surface area (TPSA) is 163 Å². The van der Waals surface area contributed by atoms with Gasteiger partial charge < -0.3 is 21.1 Å². The van der Waals surface area contributed by atoms with Gasteiger partial charge in [-0.2, -0.15) is 15.5 Å². The lowest BCUT2D eigenvalue weighted by Gasteiger charge is -2.20. The van der Waals surface area contributed by atoms with Gasteiger partial charge in [0.1, 0.15) is 11.9 Å². The third-order valence-corrected chi connectivity index (χ3v) is 6.28. The molecule has 12 heteroatoms. The van der Waals surface area contributed by atoms with Crippen LogP contribution in [0.3, 0.4) is 0 Å². The number of aliphatic hydroxyl groups is 1. The van der Waals surface area contributed by atoms with Crippen molar-refractivity contribution < 1.29 is 9.90 Å². The maximum Gasteiger partial charge on any atom is 0.252 e. The van der Waals surface area contributed by atoms with Crippen molar-refractivity contribution in [2.45, 2.75) is 32.5 Å². The number of rotatable bonds is 7. The van der Waals surface area contributed by atoms with E-state index in [1.54, 1.807) is 47.0 Å². The Balaban J connectivity index is 1.45. The van der Waals surface area contributed by atoms with Crippen LogP contribution in [-0.2, 0) is 6.54 Å². The number of hydrogen-bond acceptors (Lipinski definition) is 9. The van der Waals surface area contributed by atoms with E-state index in [-0.39, 0.29) is 17.5 Å². The van der Waals surface area contributed by atoms with Gasteiger partial charge in [0.25, 0.3) is 5.91 Å². The van der Waals surface area contributed by atoms with Gasteiger partial charge >= 0.3 is 0 Å². The van der Waals surface area contributed by atoms with E-state index in [2.05, 4.69) is 38.4 Å². The SMILES string of the molecule is C[C@H](O)Cn1cc(-c2cn3ncc(C(N)=O)c(N[C@@H]4CN(c5ccc(C#N)cn5)C[C@@H]4C)c3n2)cn1. The molecule has 12 nitrogen and oxygen atoms in total. The van der Waals surface area contributed by atoms with Crippen molar-refractivity contribution in [3.63, 3.8) is 0 Å². The van der Waals surface area contributed by atoms with Gasteiger partial charge in [-0.15, -0.1) is 0 Å². The number of pyridine rings is 1. The van der Waals surface area contributed by atoms with Crippen LogP contribution in [0.15, 0.2) is 43.1 Å². The van der Waals surface area contributed by atoms with Crippen molar-refractivity contribution in [3.05, 3.63) is 54.2 Å². The third kappa shape index (κ3) is 4.44. The number of carbonyl (C=O) groups is 1. The van der Waals surface area contributed by atoms with Crippen LogP contribution in [-0.4, -0.2) is 65.6 Å². The fourth-order valence-electron chi connectivity index (χ4n) is 4.44. The zero-order valence-corrected chi connectivity index (χ0v) is 19.9. The molecule has 0 spiro atoms. The number of imidazole rings is 1. The molecule has 4 N–H and O–H groups in total. The van der Waals surface area contributed by atoms with Gasteiger partial charge in [0.05, 0.1) is 53.7 Å². The molecule has 0 saturated carbocycles. The summed E-state index contributed by atoms with van der Waals surface area (Å²) in [5, 5.41) is 30.8. The Kier molecular flexibility index (Phi) is 5.99. The number of amides is 1. The van der Waals surface area contributed by atoms with Crippen molar-refractivity contribution in [2.24, 2.45) is 11.7 Å². The van der Waals surface area contributed by atoms with Gasteiger partial charge in [0, 0.05) is 37.1 Å². The number of hydrogen-bond donors (Lipinski definition) is 3. The first kappa shape index (κ1) is 23.3. The van der Waals surface area contributed by atoms with Crippen LogP contribution in [0.4, 0.5) is 11.5 Å². The lowest BCUT2D eigenvalue weighted by molar-refractivity contribution is 0.100. The van der Waals surface area contributed by atoms with E-state index >= 15 is 0 Å². The molecular formula is C24H26N10O2. The average Bonchev–Trinajstić information content (AvgIpc) is 3.57. The zero-order valence-electron chi connectivity index (χ0n) is 19.9. The molecule has 5 rings (SSSR count). The van der Waals surface area contributed by atoms with Crippen LogP contribution in [0.5, 0.6) is 0 Å². The molecule has 4 aromatic heterocycles. The fourth-order valence-corrected chi connectivity index (χ4v) is 4.44. The number of nitrogens with two attached hydrogens (primary N) is 1. The highest BCUT2D eigenvalue weighted by Gasteiger charge is 2.32. The summed E-state index contributed by atoms with van der Waals surface area (Å²) in [6.45, 7) is 5.59. The summed E-state index contributed by atoms with van der Waals surface area (Å²) >= 11 is 0. The number of nitrogens with zero attached hydrogens (tertiary/aromatic N) is 8. The van der Waals surface area contributed by atoms with Gasteiger partial charge in [-0.1, -0.05) is 6.92 Å². The Morgan fingerprint density at radius 2 is 2.11 bits per heavy atom. The molecule has 0 aliphatic carbocycles. The predicted octanol–water partition coefficient (Wildman–Crippen LogP) is 1.28. The largest absolute Gasteiger partial charge is 0.391 e. The van der Waals surface area contributed by atoms with E-state index in [1.807, 2.05) is 6.07 Å². The lowest BCUT2D eigenvalue weighted by atomic mass is 10.1. The number of nitriles is 1. The Labute approximate surface area is 207 Å². The first-order valence-electron chi connectivity index (χ1n) is 11.6. The van der Waals surface area contributed by atoms with Gasteiger partial charge in [-0.25, -0.2) is 14.5 Å². The molecule has 1 fully saturated rings. The number of fused-ring (bicyclic) bond motifs is 1. The van der Waals surface area contributed by atoms with E-state index in [1.165, 1.54) is 6.20 Å². The number of nitrogens with one attached hydrogen (secondary N) is 1. The maximum atomic E-state index is 12.3. The summed E-state index contributed by atoms with van der Waals surface area (Å²) in [5.41, 5.74) is 8.85. The van der Waals surface area contributed by atoms with Crippen molar-refractivity contribution in [3.8, 4) is 17.3 Å². The highest BCUT2D eigenvalue weighted by atomic mass is 16.3. The predicted molar refractivity (Wildman–Crippen MR) is 132 cm³/mol. The summed E-state index contributed by atoms with van der Waals surface area (Å²) in [6, 6.07) is 5.66. The molecule has 1 saturated heterocycles. The summed E-state index contributed by atoms with van der Waals surface area (Å²) in [6.07, 6.45) is 7.72. The molecule has 4 aromatic rings. The molecule has 1 amide bonds. The quantitative estimate of drug-likeness (QED) is 0.349. The number of aromatic nitrogens is 6. The Morgan fingerprint density at radius 1 is 1.28 bits per heavy atom. The molecule has 0 unspecified atom stereocenters. The van der Waals surface area contributed by atoms with Crippen LogP contribution in [0.1, 0.15) is 29.8 Å². The number of anilines is 2. The number of carbonyl (C=O) groups excluding carboxylic acids is 1. The lowest BCUT2D eigenvalue weighted by Crippen LogP contribution is -2.30. The van der Waals surface area contributed by atoms with E-state index in [4.69, 9.17) is 16.0 Å². The van der Waals surface area contributed by atoms with Gasteiger partial charge in [0.15, 0.2) is 5.65 Å². The molecule has 1 aliphatic heterocycles. The molecule has 184 valence electrons. The van der Waals surface area contributed by atoms with E-state index in [9.17, 15) is 9.90 Å². The van der Waals surface area contributed by atoms with Crippen LogP contribution in [0, 0.1) is 17.2 Å². The molecule has 0 bridgehead atoms. The summed E-state index contributed by atoms with van der Waals surface area (Å²) in [4.78, 5) is 23.6. The van der Waals surface area contributed by atoms with Crippen LogP contribution in [0.2, 0.25) is 0 Å². The summed E-state index contributed by atoms with van der Waals surface area (Å²) in [7, 11) is 0. The third-order valence-electron chi connectivity index (χ3n) is 6.28. The minimum absolute atomic E-state index is 0.0133. The van der Waals surface area contributed by atoms with Crippen molar-refractivity contribution in [1.29, 1.82) is 5.26 Å². The molecule has 3 atom stereocenters. The second-order valence-electron chi connectivity index (χ2n) is 9.14. The van der Waals surface area contributed by atoms with Crippen molar-refractivity contribution in [1.82, 2.24) is 29.4 Å². The fraction of sp³-hybridized carbons (Fsp3) is 0.333. The standard InChI is InChI=1S/C24H26N10O2/c1-14-9-32(21-4-3-16(5-25)6-27-21)12-19(14)30-22-18(23(26)36)8-29-34-13-20(31-24(22)34)17-7-28-33(11-17)10-15(2)35/h3-4,6-8,11,13-15,19,30,35H,9-10,12H2,1-2H3,(H2,26,36)/t14-,15-,19+/m0/s1.